The van der Waals surface area contributed by atoms with E-state index in [9.17, 15) is 9.90 Å². The average Bonchev–Trinajstić information content (AvgIpc) is 2.61. The van der Waals surface area contributed by atoms with Crippen LogP contribution in [0.3, 0.4) is 0 Å². The predicted molar refractivity (Wildman–Crippen MR) is 98.8 cm³/mol. The van der Waals surface area contributed by atoms with Crippen LogP contribution in [-0.2, 0) is 4.79 Å². The van der Waals surface area contributed by atoms with Gasteiger partial charge in [-0.15, -0.1) is 0 Å². The number of aliphatic hydroxyl groups excluding tert-OH is 1. The molecule has 1 aromatic carbocycles. The first-order valence-electron chi connectivity index (χ1n) is 9.54. The third-order valence-corrected chi connectivity index (χ3v) is 5.42. The monoisotopic (exact) mass is 346 g/mol. The zero-order valence-electron chi connectivity index (χ0n) is 15.1. The molecule has 1 amide bonds. The summed E-state index contributed by atoms with van der Waals surface area (Å²) in [6, 6.07) is 7.90. The second-order valence-electron chi connectivity index (χ2n) is 7.42. The average molecular weight is 346 g/mol. The van der Waals surface area contributed by atoms with Crippen molar-refractivity contribution in [1.82, 2.24) is 4.90 Å². The molecule has 3 unspecified atom stereocenters. The van der Waals surface area contributed by atoms with E-state index in [0.717, 1.165) is 18.2 Å². The molecule has 1 heterocycles. The number of piperidine rings is 1. The topological polar surface area (TPSA) is 61.8 Å². The van der Waals surface area contributed by atoms with E-state index in [-0.39, 0.29) is 5.91 Å². The number of benzene rings is 1. The Balaban J connectivity index is 1.45. The normalized spacial score (nSPS) is 25.0. The van der Waals surface area contributed by atoms with Crippen LogP contribution in [0.5, 0.6) is 5.75 Å². The van der Waals surface area contributed by atoms with Gasteiger partial charge in [-0.25, -0.2) is 0 Å². The first-order valence-corrected chi connectivity index (χ1v) is 9.54. The zero-order valence-corrected chi connectivity index (χ0v) is 15.1. The predicted octanol–water partition coefficient (Wildman–Crippen LogP) is 3.04. The van der Waals surface area contributed by atoms with Gasteiger partial charge in [0.25, 0.3) is 0 Å². The summed E-state index contributed by atoms with van der Waals surface area (Å²) in [5, 5.41) is 13.1. The van der Waals surface area contributed by atoms with Gasteiger partial charge in [0.1, 0.15) is 18.5 Å². The number of carbonyl (C=O) groups excluding carboxylic acids is 1. The number of anilines is 1. The van der Waals surface area contributed by atoms with E-state index in [1.165, 1.54) is 45.4 Å². The Hall–Kier alpha value is -1.59. The highest BCUT2D eigenvalue weighted by Crippen LogP contribution is 2.35. The molecule has 0 aromatic heterocycles. The molecule has 5 heteroatoms. The van der Waals surface area contributed by atoms with E-state index < -0.39 is 6.10 Å². The number of hydrogen-bond donors (Lipinski definition) is 2. The van der Waals surface area contributed by atoms with Gasteiger partial charge in [0.05, 0.1) is 0 Å². The van der Waals surface area contributed by atoms with Crippen molar-refractivity contribution in [3.05, 3.63) is 24.3 Å². The molecule has 1 aliphatic carbocycles. The van der Waals surface area contributed by atoms with Crippen molar-refractivity contribution in [2.24, 2.45) is 5.92 Å². The number of amides is 1. The number of rotatable bonds is 6. The van der Waals surface area contributed by atoms with Crippen LogP contribution in [0.2, 0.25) is 0 Å². The molecule has 0 spiro atoms. The Morgan fingerprint density at radius 3 is 2.72 bits per heavy atom. The lowest BCUT2D eigenvalue weighted by molar-refractivity contribution is -0.114. The van der Waals surface area contributed by atoms with Gasteiger partial charge < -0.3 is 15.2 Å². The van der Waals surface area contributed by atoms with Crippen LogP contribution in [0.4, 0.5) is 5.69 Å². The fraction of sp³-hybridized carbons (Fsp3) is 0.650. The molecule has 0 bridgehead atoms. The van der Waals surface area contributed by atoms with E-state index >= 15 is 0 Å². The minimum Gasteiger partial charge on any atom is -0.491 e. The smallest absolute Gasteiger partial charge is 0.221 e. The second kappa shape index (κ2) is 8.68. The van der Waals surface area contributed by atoms with Gasteiger partial charge in [-0.3, -0.25) is 9.69 Å². The lowest BCUT2D eigenvalue weighted by Gasteiger charge is -2.44. The standard InChI is InChI=1S/C20H30N2O3/c1-15(23)21-17-8-10-19(11-9-17)25-14-18(24)13-22-12-4-6-16-5-2-3-7-20(16)22/h8-11,16,18,20,24H,2-7,12-14H2,1H3,(H,21,23). The molecule has 2 fully saturated rings. The molecule has 2 N–H and O–H groups in total. The molecule has 138 valence electrons. The third kappa shape index (κ3) is 5.19. The molecule has 1 saturated heterocycles. The molecular formula is C20H30N2O3. The van der Waals surface area contributed by atoms with Gasteiger partial charge in [-0.1, -0.05) is 12.8 Å². The summed E-state index contributed by atoms with van der Waals surface area (Å²) in [5.41, 5.74) is 0.747. The van der Waals surface area contributed by atoms with Crippen LogP contribution in [-0.4, -0.2) is 47.8 Å². The zero-order chi connectivity index (χ0) is 17.6. The van der Waals surface area contributed by atoms with Crippen LogP contribution < -0.4 is 10.1 Å². The number of β-amino-alcohol motifs (C(OH)–C–C–N with tert-alkyl or cyclic N) is 1. The number of nitrogens with one attached hydrogen (secondary N) is 1. The van der Waals surface area contributed by atoms with Crippen molar-refractivity contribution in [3.8, 4) is 5.75 Å². The highest BCUT2D eigenvalue weighted by molar-refractivity contribution is 5.88. The van der Waals surface area contributed by atoms with Crippen LogP contribution in [0.1, 0.15) is 45.4 Å². The number of nitrogens with zero attached hydrogens (tertiary/aromatic N) is 1. The molecule has 5 nitrogen and oxygen atoms in total. The van der Waals surface area contributed by atoms with Crippen molar-refractivity contribution < 1.29 is 14.6 Å². The van der Waals surface area contributed by atoms with Crippen LogP contribution in [0.25, 0.3) is 0 Å². The second-order valence-corrected chi connectivity index (χ2v) is 7.42. The van der Waals surface area contributed by atoms with Crippen molar-refractivity contribution in [2.75, 3.05) is 25.0 Å². The quantitative estimate of drug-likeness (QED) is 0.831. The Kier molecular flexibility index (Phi) is 6.32. The van der Waals surface area contributed by atoms with E-state index in [0.29, 0.717) is 24.9 Å². The third-order valence-electron chi connectivity index (χ3n) is 5.42. The van der Waals surface area contributed by atoms with Crippen LogP contribution in [0, 0.1) is 5.92 Å². The van der Waals surface area contributed by atoms with Crippen LogP contribution >= 0.6 is 0 Å². The minimum absolute atomic E-state index is 0.0911. The number of carbonyl (C=O) groups is 1. The van der Waals surface area contributed by atoms with Crippen molar-refractivity contribution in [3.63, 3.8) is 0 Å². The summed E-state index contributed by atoms with van der Waals surface area (Å²) in [5.74, 6) is 1.45. The van der Waals surface area contributed by atoms with Gasteiger partial charge in [0.2, 0.25) is 5.91 Å². The molecule has 1 aliphatic heterocycles. The van der Waals surface area contributed by atoms with Crippen molar-refractivity contribution >= 4 is 11.6 Å². The Labute approximate surface area is 150 Å². The fourth-order valence-electron chi connectivity index (χ4n) is 4.31. The van der Waals surface area contributed by atoms with Gasteiger partial charge in [-0.05, 0) is 62.4 Å². The Morgan fingerprint density at radius 1 is 1.24 bits per heavy atom. The first-order chi connectivity index (χ1) is 12.1. The van der Waals surface area contributed by atoms with Gasteiger partial charge >= 0.3 is 0 Å². The lowest BCUT2D eigenvalue weighted by atomic mass is 9.78. The number of fused-ring (bicyclic) bond motifs is 1. The lowest BCUT2D eigenvalue weighted by Crippen LogP contribution is -2.50. The molecule has 3 atom stereocenters. The van der Waals surface area contributed by atoms with Gasteiger partial charge in [-0.2, -0.15) is 0 Å². The number of likely N-dealkylation sites (tertiary alicyclic amines) is 1. The number of ether oxygens (including phenoxy) is 1. The molecule has 1 aromatic rings. The molecule has 0 radical (unpaired) electrons. The van der Waals surface area contributed by atoms with Gasteiger partial charge in [0, 0.05) is 25.2 Å². The van der Waals surface area contributed by atoms with E-state index in [1.54, 1.807) is 12.1 Å². The summed E-state index contributed by atoms with van der Waals surface area (Å²) in [6.07, 6.45) is 7.46. The van der Waals surface area contributed by atoms with Gasteiger partial charge in [0.15, 0.2) is 0 Å². The maximum atomic E-state index is 11.0. The highest BCUT2D eigenvalue weighted by Gasteiger charge is 2.33. The fourth-order valence-corrected chi connectivity index (χ4v) is 4.31. The molecule has 3 rings (SSSR count). The Bertz CT molecular complexity index is 559. The summed E-state index contributed by atoms with van der Waals surface area (Å²) >= 11 is 0. The summed E-state index contributed by atoms with van der Waals surface area (Å²) in [7, 11) is 0. The summed E-state index contributed by atoms with van der Waals surface area (Å²) in [6.45, 7) is 3.58. The molecule has 25 heavy (non-hydrogen) atoms. The minimum atomic E-state index is -0.476. The Morgan fingerprint density at radius 2 is 1.96 bits per heavy atom. The summed E-state index contributed by atoms with van der Waals surface area (Å²) in [4.78, 5) is 13.5. The van der Waals surface area contributed by atoms with E-state index in [1.807, 2.05) is 12.1 Å². The molecular weight excluding hydrogens is 316 g/mol. The SMILES string of the molecule is CC(=O)Nc1ccc(OCC(O)CN2CCCC3CCCCC32)cc1. The van der Waals surface area contributed by atoms with E-state index in [2.05, 4.69) is 10.2 Å². The van der Waals surface area contributed by atoms with Crippen LogP contribution in [0.15, 0.2) is 24.3 Å². The first kappa shape index (κ1) is 18.2. The molecule has 2 aliphatic rings. The largest absolute Gasteiger partial charge is 0.491 e. The maximum Gasteiger partial charge on any atom is 0.221 e. The number of aliphatic hydroxyl groups is 1. The number of hydrogen-bond acceptors (Lipinski definition) is 4. The van der Waals surface area contributed by atoms with E-state index in [4.69, 9.17) is 4.74 Å². The summed E-state index contributed by atoms with van der Waals surface area (Å²) < 4.78 is 5.72. The highest BCUT2D eigenvalue weighted by atomic mass is 16.5. The maximum absolute atomic E-state index is 11.0. The molecule has 1 saturated carbocycles. The van der Waals surface area contributed by atoms with Crippen molar-refractivity contribution in [2.45, 2.75) is 57.6 Å². The van der Waals surface area contributed by atoms with Crippen molar-refractivity contribution in [1.29, 1.82) is 0 Å².